The van der Waals surface area contributed by atoms with Gasteiger partial charge in [0.15, 0.2) is 0 Å². The van der Waals surface area contributed by atoms with E-state index < -0.39 is 6.04 Å². The normalized spacial score (nSPS) is 20.9. The number of aromatic hydroxyl groups is 1. The van der Waals surface area contributed by atoms with Crippen LogP contribution in [0, 0.1) is 6.92 Å². The number of hydrogen-bond donors (Lipinski definition) is 3. The molecule has 5 amide bonds. The van der Waals surface area contributed by atoms with Crippen molar-refractivity contribution >= 4 is 35.3 Å². The summed E-state index contributed by atoms with van der Waals surface area (Å²) in [5.74, 6) is -0.0936. The van der Waals surface area contributed by atoms with Gasteiger partial charge in [-0.2, -0.15) is 0 Å². The predicted octanol–water partition coefficient (Wildman–Crippen LogP) is 3.85. The number of nitrogens with one attached hydrogen (secondary N) is 2. The van der Waals surface area contributed by atoms with Gasteiger partial charge in [-0.25, -0.2) is 9.59 Å². The third kappa shape index (κ3) is 7.37. The van der Waals surface area contributed by atoms with Crippen molar-refractivity contribution in [2.75, 3.05) is 64.3 Å². The second-order valence-corrected chi connectivity index (χ2v) is 13.3. The van der Waals surface area contributed by atoms with Gasteiger partial charge in [0.2, 0.25) is 5.91 Å². The highest BCUT2D eigenvalue weighted by atomic mass is 35.5. The third-order valence-electron chi connectivity index (χ3n) is 10.0. The topological polar surface area (TPSA) is 118 Å². The van der Waals surface area contributed by atoms with Crippen molar-refractivity contribution in [2.45, 2.75) is 63.6 Å². The summed E-state index contributed by atoms with van der Waals surface area (Å²) in [6.07, 6.45) is 4.40. The summed E-state index contributed by atoms with van der Waals surface area (Å²) < 4.78 is 5.53. The van der Waals surface area contributed by atoms with Crippen LogP contribution in [0.4, 0.5) is 15.3 Å². The zero-order valence-corrected chi connectivity index (χ0v) is 27.3. The minimum absolute atomic E-state index is 0.0198. The van der Waals surface area contributed by atoms with Crippen molar-refractivity contribution in [3.63, 3.8) is 0 Å². The number of anilines is 1. The quantitative estimate of drug-likeness (QED) is 0.437. The number of urea groups is 2. The Labute approximate surface area is 275 Å². The molecule has 3 saturated heterocycles. The Morgan fingerprint density at radius 1 is 0.978 bits per heavy atom. The fourth-order valence-electron chi connectivity index (χ4n) is 7.30. The van der Waals surface area contributed by atoms with Crippen molar-refractivity contribution in [1.82, 2.24) is 24.9 Å². The lowest BCUT2D eigenvalue weighted by molar-refractivity contribution is -0.135. The number of benzene rings is 2. The van der Waals surface area contributed by atoms with Crippen molar-refractivity contribution in [3.05, 3.63) is 58.1 Å². The summed E-state index contributed by atoms with van der Waals surface area (Å²) in [5, 5.41) is 16.5. The van der Waals surface area contributed by atoms with Gasteiger partial charge in [-0.05, 0) is 67.9 Å². The lowest BCUT2D eigenvalue weighted by Gasteiger charge is -2.42. The van der Waals surface area contributed by atoms with Crippen LogP contribution in [0.25, 0.3) is 0 Å². The molecule has 2 aromatic rings. The third-order valence-corrected chi connectivity index (χ3v) is 10.3. The van der Waals surface area contributed by atoms with Crippen LogP contribution in [0.3, 0.4) is 0 Å². The highest BCUT2D eigenvalue weighted by Gasteiger charge is 2.35. The molecule has 3 fully saturated rings. The maximum absolute atomic E-state index is 14.0. The van der Waals surface area contributed by atoms with Gasteiger partial charge >= 0.3 is 12.1 Å². The number of carbonyl (C=O) groups is 3. The first-order valence-electron chi connectivity index (χ1n) is 16.6. The number of fused-ring (bicyclic) bond motifs is 1. The molecule has 0 saturated carbocycles. The Balaban J connectivity index is 1.09. The van der Waals surface area contributed by atoms with Crippen LogP contribution < -0.4 is 10.6 Å². The molecule has 0 radical (unpaired) electrons. The number of piperazine rings is 1. The highest BCUT2D eigenvalue weighted by Crippen LogP contribution is 2.29. The molecule has 4 aliphatic rings. The molecule has 0 aliphatic carbocycles. The van der Waals surface area contributed by atoms with Gasteiger partial charge in [-0.15, -0.1) is 0 Å². The van der Waals surface area contributed by atoms with Crippen molar-refractivity contribution in [3.8, 4) is 5.75 Å². The molecule has 2 aromatic carbocycles. The van der Waals surface area contributed by atoms with Crippen LogP contribution >= 0.6 is 11.6 Å². The smallest absolute Gasteiger partial charge is 0.322 e. The molecule has 46 heavy (non-hydrogen) atoms. The second kappa shape index (κ2) is 14.5. The molecule has 6 rings (SSSR count). The zero-order valence-electron chi connectivity index (χ0n) is 26.5. The van der Waals surface area contributed by atoms with E-state index in [9.17, 15) is 19.5 Å². The van der Waals surface area contributed by atoms with E-state index in [4.69, 9.17) is 16.3 Å². The standard InChI is InChI=1S/C34H45ClN6O5/c1-23-20-24(21-28(35)31(23)42)22-30(32(43)39-16-14-38(15-17-39)26-9-18-46-19-10-26)37-33(44)40-11-7-27(8-12-40)41-13-6-25-4-2-3-5-29(25)36-34(41)45/h2-5,20-21,26-27,30,42H,6-19,22H2,1H3,(H,36,45)(H,37,44)/t30-/m1/s1. The minimum Gasteiger partial charge on any atom is -0.506 e. The van der Waals surface area contributed by atoms with Crippen molar-refractivity contribution in [2.24, 2.45) is 0 Å². The van der Waals surface area contributed by atoms with Gasteiger partial charge in [-0.1, -0.05) is 35.9 Å². The number of rotatable bonds is 6. The molecule has 12 heteroatoms. The van der Waals surface area contributed by atoms with E-state index in [1.165, 1.54) is 0 Å². The fraction of sp³-hybridized carbons (Fsp3) is 0.559. The molecular formula is C34H45ClN6O5. The van der Waals surface area contributed by atoms with E-state index in [2.05, 4.69) is 15.5 Å². The van der Waals surface area contributed by atoms with E-state index in [0.717, 1.165) is 62.4 Å². The Kier molecular flexibility index (Phi) is 10.2. The molecule has 1 atom stereocenters. The number of aryl methyl sites for hydroxylation is 1. The number of ether oxygens (including phenoxy) is 1. The van der Waals surface area contributed by atoms with Gasteiger partial charge in [0.05, 0.1) is 5.02 Å². The van der Waals surface area contributed by atoms with Gasteiger partial charge in [-0.3, -0.25) is 9.69 Å². The van der Waals surface area contributed by atoms with Gasteiger partial charge in [0.1, 0.15) is 11.8 Å². The SMILES string of the molecule is Cc1cc(C[C@@H](NC(=O)N2CCC(N3CCc4ccccc4NC3=O)CC2)C(=O)N2CCN(C3CCOCC3)CC2)cc(Cl)c1O. The molecule has 4 aliphatic heterocycles. The van der Waals surface area contributed by atoms with Crippen molar-refractivity contribution < 1.29 is 24.2 Å². The van der Waals surface area contributed by atoms with Crippen LogP contribution in [0.15, 0.2) is 36.4 Å². The second-order valence-electron chi connectivity index (χ2n) is 12.9. The van der Waals surface area contributed by atoms with Crippen LogP contribution in [0.5, 0.6) is 5.75 Å². The number of para-hydroxylation sites is 1. The fourth-order valence-corrected chi connectivity index (χ4v) is 7.59. The minimum atomic E-state index is -0.783. The molecule has 0 unspecified atom stereocenters. The summed E-state index contributed by atoms with van der Waals surface area (Å²) in [4.78, 5) is 48.7. The first-order chi connectivity index (χ1) is 22.3. The Bertz CT molecular complexity index is 1400. The van der Waals surface area contributed by atoms with E-state index in [1.54, 1.807) is 17.9 Å². The summed E-state index contributed by atoms with van der Waals surface area (Å²) >= 11 is 6.28. The monoisotopic (exact) mass is 652 g/mol. The maximum Gasteiger partial charge on any atom is 0.322 e. The molecule has 3 N–H and O–H groups in total. The van der Waals surface area contributed by atoms with Crippen LogP contribution in [-0.2, 0) is 22.4 Å². The molecule has 0 aromatic heterocycles. The first-order valence-corrected chi connectivity index (χ1v) is 16.9. The van der Waals surface area contributed by atoms with Gasteiger partial charge in [0, 0.05) is 83.2 Å². The molecule has 4 heterocycles. The number of halogens is 1. The molecular weight excluding hydrogens is 608 g/mol. The summed E-state index contributed by atoms with van der Waals surface area (Å²) in [6.45, 7) is 7.73. The van der Waals surface area contributed by atoms with E-state index in [-0.39, 0.29) is 41.2 Å². The summed E-state index contributed by atoms with van der Waals surface area (Å²) in [5.41, 5.74) is 3.37. The number of phenolic OH excluding ortho intramolecular Hbond substituents is 1. The number of amides is 5. The number of phenols is 1. The highest BCUT2D eigenvalue weighted by molar-refractivity contribution is 6.32. The van der Waals surface area contributed by atoms with Crippen LogP contribution in [0.2, 0.25) is 5.02 Å². The average Bonchev–Trinajstić information content (AvgIpc) is 3.25. The maximum atomic E-state index is 14.0. The number of piperidine rings is 1. The summed E-state index contributed by atoms with van der Waals surface area (Å²) in [6, 6.07) is 10.7. The van der Waals surface area contributed by atoms with Crippen LogP contribution in [-0.4, -0.2) is 120 Å². The van der Waals surface area contributed by atoms with E-state index in [0.29, 0.717) is 57.2 Å². The number of carbonyl (C=O) groups excluding carboxylic acids is 3. The number of hydrogen-bond acceptors (Lipinski definition) is 6. The molecule has 11 nitrogen and oxygen atoms in total. The largest absolute Gasteiger partial charge is 0.506 e. The summed E-state index contributed by atoms with van der Waals surface area (Å²) in [7, 11) is 0. The van der Waals surface area contributed by atoms with Gasteiger partial charge < -0.3 is 35.2 Å². The Morgan fingerprint density at radius 3 is 2.41 bits per heavy atom. The number of nitrogens with zero attached hydrogens (tertiary/aromatic N) is 4. The van der Waals surface area contributed by atoms with E-state index in [1.807, 2.05) is 40.1 Å². The predicted molar refractivity (Wildman–Crippen MR) is 176 cm³/mol. The molecule has 0 spiro atoms. The average molecular weight is 653 g/mol. The zero-order chi connectivity index (χ0) is 32.2. The first kappa shape index (κ1) is 32.4. The van der Waals surface area contributed by atoms with Gasteiger partial charge in [0.25, 0.3) is 0 Å². The van der Waals surface area contributed by atoms with E-state index >= 15 is 0 Å². The Morgan fingerprint density at radius 2 is 1.70 bits per heavy atom. The molecule has 248 valence electrons. The van der Waals surface area contributed by atoms with Crippen LogP contribution in [0.1, 0.15) is 42.4 Å². The Hall–Kier alpha value is -3.54. The molecule has 0 bridgehead atoms. The lowest BCUT2D eigenvalue weighted by atomic mass is 10.0. The van der Waals surface area contributed by atoms with Crippen molar-refractivity contribution in [1.29, 1.82) is 0 Å². The lowest BCUT2D eigenvalue weighted by Crippen LogP contribution is -2.59. The number of likely N-dealkylation sites (tertiary alicyclic amines) is 1.